The number of nitrogens with zero attached hydrogens (tertiary/aromatic N) is 7. The fourth-order valence-corrected chi connectivity index (χ4v) is 11.6. The lowest BCUT2D eigenvalue weighted by Crippen LogP contribution is -2.53. The Balaban J connectivity index is 0.677. The highest BCUT2D eigenvalue weighted by atomic mass is 16.5. The molecule has 0 spiro atoms. The van der Waals surface area contributed by atoms with Gasteiger partial charge in [-0.05, 0) is 98.4 Å². The maximum Gasteiger partial charge on any atom is 0.260 e. The van der Waals surface area contributed by atoms with Crippen LogP contribution >= 0.6 is 0 Å². The molecule has 6 aliphatic rings. The second-order valence-corrected chi connectivity index (χ2v) is 23.1. The smallest absolute Gasteiger partial charge is 0.260 e. The molecule has 2 saturated heterocycles. The second-order valence-electron chi connectivity index (χ2n) is 23.1. The van der Waals surface area contributed by atoms with E-state index >= 15 is 0 Å². The van der Waals surface area contributed by atoms with E-state index in [1.165, 1.54) is 24.8 Å². The van der Waals surface area contributed by atoms with E-state index in [2.05, 4.69) is 62.4 Å². The molecule has 6 aliphatic heterocycles. The predicted molar refractivity (Wildman–Crippen MR) is 331 cm³/mol. The van der Waals surface area contributed by atoms with Gasteiger partial charge < -0.3 is 59.8 Å². The number of anilines is 2. The van der Waals surface area contributed by atoms with Gasteiger partial charge in [-0.15, -0.1) is 0 Å². The Labute approximate surface area is 507 Å². The van der Waals surface area contributed by atoms with Crippen LogP contribution in [0.4, 0.5) is 22.7 Å². The minimum absolute atomic E-state index is 0.149. The highest BCUT2D eigenvalue weighted by Gasteiger charge is 2.38. The summed E-state index contributed by atoms with van der Waals surface area (Å²) in [4.78, 5) is 111. The van der Waals surface area contributed by atoms with Crippen molar-refractivity contribution in [2.45, 2.75) is 102 Å². The van der Waals surface area contributed by atoms with E-state index < -0.39 is 29.9 Å². The lowest BCUT2D eigenvalue weighted by molar-refractivity contribution is -0.139. The van der Waals surface area contributed by atoms with Crippen LogP contribution < -0.4 is 45.1 Å². The quantitative estimate of drug-likeness (QED) is 0.0420. The van der Waals surface area contributed by atoms with Crippen molar-refractivity contribution in [2.24, 2.45) is 15.9 Å². The van der Waals surface area contributed by atoms with Gasteiger partial charge in [0.15, 0.2) is 23.0 Å². The first-order valence-corrected chi connectivity index (χ1v) is 29.9. The molecule has 4 aromatic rings. The lowest BCUT2D eigenvalue weighted by atomic mass is 10.0. The van der Waals surface area contributed by atoms with Crippen LogP contribution in [-0.2, 0) is 24.0 Å². The molecule has 22 heteroatoms. The first-order chi connectivity index (χ1) is 42.0. The molecule has 0 radical (unpaired) electrons. The van der Waals surface area contributed by atoms with Crippen LogP contribution in [0.3, 0.4) is 0 Å². The zero-order valence-corrected chi connectivity index (χ0v) is 50.4. The molecule has 5 atom stereocenters. The number of benzene rings is 4. The number of imide groups is 1. The second kappa shape index (κ2) is 27.2. The number of methoxy groups -OCH3 is 2. The molecule has 4 N–H and O–H groups in total. The molecule has 0 saturated carbocycles. The van der Waals surface area contributed by atoms with Crippen molar-refractivity contribution in [3.63, 3.8) is 0 Å². The van der Waals surface area contributed by atoms with E-state index in [1.54, 1.807) is 80.2 Å². The summed E-state index contributed by atoms with van der Waals surface area (Å²) in [7, 11) is 6.85. The minimum Gasteiger partial charge on any atom is -0.493 e. The van der Waals surface area contributed by atoms with Crippen LogP contribution in [0.25, 0.3) is 11.1 Å². The molecule has 7 amide bonds. The first-order valence-electron chi connectivity index (χ1n) is 29.9. The molecular formula is C65H77N11O11. The topological polar surface area (TPSA) is 245 Å². The van der Waals surface area contributed by atoms with Crippen LogP contribution in [0, 0.1) is 5.92 Å². The average molecular weight is 1190 g/mol. The third-order valence-electron chi connectivity index (χ3n) is 16.8. The molecule has 87 heavy (non-hydrogen) atoms. The lowest BCUT2D eigenvalue weighted by Gasteiger charge is -2.34. The van der Waals surface area contributed by atoms with Crippen LogP contribution in [0.2, 0.25) is 0 Å². The highest BCUT2D eigenvalue weighted by Crippen LogP contribution is 2.42. The van der Waals surface area contributed by atoms with Crippen molar-refractivity contribution >= 4 is 87.7 Å². The average Bonchev–Trinajstić information content (AvgIpc) is 2.29. The molecule has 2 fully saturated rings. The van der Waals surface area contributed by atoms with Crippen molar-refractivity contribution in [2.75, 3.05) is 84.5 Å². The molecule has 458 valence electrons. The number of ether oxygens (including phenoxy) is 4. The molecule has 4 aromatic carbocycles. The van der Waals surface area contributed by atoms with Gasteiger partial charge in [-0.3, -0.25) is 48.4 Å². The number of nitrogens with one attached hydrogen (secondary N) is 4. The summed E-state index contributed by atoms with van der Waals surface area (Å²) in [6, 6.07) is 19.7. The number of fused-ring (bicyclic) bond motifs is 4. The number of likely N-dealkylation sites (tertiary alicyclic amines) is 1. The van der Waals surface area contributed by atoms with E-state index in [0.29, 0.717) is 96.3 Å². The number of carbonyl (C=O) groups is 7. The van der Waals surface area contributed by atoms with E-state index in [9.17, 15) is 33.6 Å². The fraction of sp³-hybridized carbons (Fsp3) is 0.431. The number of likely N-dealkylation sites (N-methyl/N-ethyl adjacent to an activating group) is 2. The van der Waals surface area contributed by atoms with Gasteiger partial charge in [0, 0.05) is 107 Å². The Morgan fingerprint density at radius 1 is 0.644 bits per heavy atom. The van der Waals surface area contributed by atoms with Gasteiger partial charge in [-0.2, -0.15) is 0 Å². The van der Waals surface area contributed by atoms with Gasteiger partial charge >= 0.3 is 0 Å². The minimum atomic E-state index is -0.927. The van der Waals surface area contributed by atoms with Gasteiger partial charge in [0.2, 0.25) is 29.5 Å². The zero-order valence-electron chi connectivity index (χ0n) is 50.4. The van der Waals surface area contributed by atoms with Crippen LogP contribution in [0.1, 0.15) is 104 Å². The molecule has 0 unspecified atom stereocenters. The predicted octanol–water partition coefficient (Wildman–Crippen LogP) is 6.74. The summed E-state index contributed by atoms with van der Waals surface area (Å²) in [5.74, 6) is -0.714. The normalized spacial score (nSPS) is 19.6. The summed E-state index contributed by atoms with van der Waals surface area (Å²) in [5.41, 5.74) is 7.33. The number of carbonyl (C=O) groups excluding carboxylic acids is 7. The highest BCUT2D eigenvalue weighted by molar-refractivity contribution is 6.07. The number of aliphatic imine (C=N–C) groups is 2. The van der Waals surface area contributed by atoms with Gasteiger partial charge in [0.25, 0.3) is 11.8 Å². The standard InChI is InChI=1S/C65H77N11O11/c1-39(2)60(71-58(77)12-9-8-10-21-74-59(78)34-53(66-4)65(74)83)62(80)69-40(3)61(79)70-45-17-13-41(14-18-45)43-28-47-35-67-51-32-56(54(84-6)30-49(51)63(81)75(47)37-43)86-26-11-27-87-57-33-52-50(31-55(57)85-7)64(82)76-38-44(29-48(76)36-68-52)42-15-19-46(20-16-42)73-24-22-72(5)23-25-73/h13-20,30-33,35-40,47-48,53,60,66H,8-12,21-29,34H2,1-7H3,(H,69,80)(H,70,79)(H,71,77)/t40-,47-,48-,53+,60-/m0/s1. The Kier molecular flexibility index (Phi) is 19.1. The largest absolute Gasteiger partial charge is 0.493 e. The zero-order chi connectivity index (χ0) is 61.5. The van der Waals surface area contributed by atoms with E-state index in [0.717, 1.165) is 48.5 Å². The number of hydrogen-bond acceptors (Lipinski definition) is 16. The van der Waals surface area contributed by atoms with Crippen LogP contribution in [0.15, 0.2) is 95.2 Å². The molecule has 22 nitrogen and oxygen atoms in total. The third kappa shape index (κ3) is 13.9. The van der Waals surface area contributed by atoms with Gasteiger partial charge in [-0.25, -0.2) is 0 Å². The number of hydrogen-bond donors (Lipinski definition) is 4. The van der Waals surface area contributed by atoms with Crippen molar-refractivity contribution in [1.82, 2.24) is 35.6 Å². The van der Waals surface area contributed by atoms with E-state index in [1.807, 2.05) is 30.7 Å². The molecule has 0 bridgehead atoms. The van der Waals surface area contributed by atoms with Crippen LogP contribution in [-0.4, -0.2) is 178 Å². The SMILES string of the molecule is CN[C@@H]1CC(=O)N(CCCCCC(=O)N[C@H](C(=O)N[C@@H](C)C(=O)Nc2ccc(C3=CN4C(=O)c5cc(OC)c(OCCCOc6cc7c(cc6OC)C(=O)N6C=C(c8ccc(N9CCN(C)CC9)cc8)C[C@H]6C=N7)cc5N=C[C@@H]4C3)cc2)C(C)C)C1=O. The number of rotatable bonds is 24. The monoisotopic (exact) mass is 1190 g/mol. The number of unbranched alkanes of at least 4 members (excludes halogenated alkanes) is 2. The Morgan fingerprint density at radius 2 is 1.20 bits per heavy atom. The van der Waals surface area contributed by atoms with Crippen molar-refractivity contribution < 1.29 is 52.5 Å². The first kappa shape index (κ1) is 61.2. The van der Waals surface area contributed by atoms with Crippen molar-refractivity contribution in [1.29, 1.82) is 0 Å². The Bertz CT molecular complexity index is 3410. The van der Waals surface area contributed by atoms with Crippen molar-refractivity contribution in [3.05, 3.63) is 107 Å². The van der Waals surface area contributed by atoms with E-state index in [-0.39, 0.29) is 73.6 Å². The maximum atomic E-state index is 14.2. The molecule has 0 aliphatic carbocycles. The number of piperazine rings is 1. The Hall–Kier alpha value is -8.89. The summed E-state index contributed by atoms with van der Waals surface area (Å²) >= 11 is 0. The number of amides is 7. The fourth-order valence-electron chi connectivity index (χ4n) is 11.6. The molecule has 0 aromatic heterocycles. The van der Waals surface area contributed by atoms with Gasteiger partial charge in [0.1, 0.15) is 12.1 Å². The molecule has 10 rings (SSSR count). The maximum absolute atomic E-state index is 14.2. The van der Waals surface area contributed by atoms with E-state index in [4.69, 9.17) is 28.9 Å². The third-order valence-corrected chi connectivity index (χ3v) is 16.8. The molecule has 6 heterocycles. The van der Waals surface area contributed by atoms with Crippen LogP contribution in [0.5, 0.6) is 23.0 Å². The van der Waals surface area contributed by atoms with Crippen molar-refractivity contribution in [3.8, 4) is 23.0 Å². The summed E-state index contributed by atoms with van der Waals surface area (Å²) in [6.07, 6.45) is 11.0. The molecular weight excluding hydrogens is 1110 g/mol. The summed E-state index contributed by atoms with van der Waals surface area (Å²) in [6.45, 7) is 10.1. The summed E-state index contributed by atoms with van der Waals surface area (Å²) in [5, 5.41) is 11.2. The summed E-state index contributed by atoms with van der Waals surface area (Å²) < 4.78 is 23.8. The van der Waals surface area contributed by atoms with Gasteiger partial charge in [0.05, 0.1) is 74.5 Å². The van der Waals surface area contributed by atoms with Gasteiger partial charge in [-0.1, -0.05) is 44.5 Å². The Morgan fingerprint density at radius 3 is 1.71 bits per heavy atom.